The summed E-state index contributed by atoms with van der Waals surface area (Å²) in [6.45, 7) is 4.58. The number of benzene rings is 1. The van der Waals surface area contributed by atoms with Gasteiger partial charge in [0, 0.05) is 19.1 Å². The van der Waals surface area contributed by atoms with Crippen molar-refractivity contribution in [2.24, 2.45) is 0 Å². The lowest BCUT2D eigenvalue weighted by molar-refractivity contribution is 0.00250. The molecule has 1 fully saturated rings. The Balaban J connectivity index is 1.73. The SMILES string of the molecule is Pc1ccc2c(c1)OCC(N1CCOCC1)C2. The van der Waals surface area contributed by atoms with Gasteiger partial charge in [-0.2, -0.15) is 0 Å². The third-order valence-electron chi connectivity index (χ3n) is 3.54. The molecule has 3 rings (SSSR count). The highest BCUT2D eigenvalue weighted by Crippen LogP contribution is 2.26. The lowest BCUT2D eigenvalue weighted by Gasteiger charge is -2.37. The molecule has 0 bridgehead atoms. The average Bonchev–Trinajstić information content (AvgIpc) is 2.39. The van der Waals surface area contributed by atoms with E-state index in [1.165, 1.54) is 10.9 Å². The van der Waals surface area contributed by atoms with Crippen LogP contribution < -0.4 is 10.0 Å². The van der Waals surface area contributed by atoms with Gasteiger partial charge in [0.2, 0.25) is 0 Å². The third kappa shape index (κ3) is 2.47. The van der Waals surface area contributed by atoms with E-state index in [0.29, 0.717) is 6.04 Å². The van der Waals surface area contributed by atoms with Crippen LogP contribution in [0.3, 0.4) is 0 Å². The minimum atomic E-state index is 0.516. The standard InChI is InChI=1S/C13H18NO2P/c17-12-2-1-10-7-11(9-16-13(10)8-12)14-3-5-15-6-4-14/h1-2,8,11H,3-7,9,17H2. The normalized spacial score (nSPS) is 25.1. The molecule has 92 valence electrons. The molecular formula is C13H18NO2P. The molecule has 2 atom stereocenters. The fourth-order valence-electron chi connectivity index (χ4n) is 2.55. The zero-order valence-electron chi connectivity index (χ0n) is 9.89. The first-order valence-corrected chi connectivity index (χ1v) is 6.73. The monoisotopic (exact) mass is 251 g/mol. The van der Waals surface area contributed by atoms with Gasteiger partial charge in [0.05, 0.1) is 13.2 Å². The van der Waals surface area contributed by atoms with Gasteiger partial charge in [-0.3, -0.25) is 4.90 Å². The summed E-state index contributed by atoms with van der Waals surface area (Å²) >= 11 is 0. The number of rotatable bonds is 1. The van der Waals surface area contributed by atoms with Gasteiger partial charge in [0.1, 0.15) is 12.4 Å². The van der Waals surface area contributed by atoms with Crippen LogP contribution in [0.1, 0.15) is 5.56 Å². The molecule has 0 radical (unpaired) electrons. The number of hydrogen-bond donors (Lipinski definition) is 0. The third-order valence-corrected chi connectivity index (χ3v) is 3.90. The summed E-state index contributed by atoms with van der Waals surface area (Å²) in [6.07, 6.45) is 1.10. The highest BCUT2D eigenvalue weighted by molar-refractivity contribution is 7.27. The molecule has 2 heterocycles. The van der Waals surface area contributed by atoms with E-state index in [1.807, 2.05) is 0 Å². The second kappa shape index (κ2) is 4.93. The van der Waals surface area contributed by atoms with Crippen LogP contribution in [0.5, 0.6) is 5.75 Å². The molecule has 1 aromatic carbocycles. The van der Waals surface area contributed by atoms with E-state index >= 15 is 0 Å². The fourth-order valence-corrected chi connectivity index (χ4v) is 2.80. The fraction of sp³-hybridized carbons (Fsp3) is 0.538. The van der Waals surface area contributed by atoms with E-state index in [-0.39, 0.29) is 0 Å². The molecule has 0 N–H and O–H groups in total. The van der Waals surface area contributed by atoms with Crippen molar-refractivity contribution in [2.45, 2.75) is 12.5 Å². The topological polar surface area (TPSA) is 21.7 Å². The Hall–Kier alpha value is -0.630. The van der Waals surface area contributed by atoms with E-state index in [0.717, 1.165) is 45.1 Å². The maximum Gasteiger partial charge on any atom is 0.123 e. The van der Waals surface area contributed by atoms with Gasteiger partial charge in [-0.15, -0.1) is 9.24 Å². The van der Waals surface area contributed by atoms with Crippen molar-refractivity contribution in [3.63, 3.8) is 0 Å². The lowest BCUT2D eigenvalue weighted by Crippen LogP contribution is -2.48. The Morgan fingerprint density at radius 2 is 2.06 bits per heavy atom. The van der Waals surface area contributed by atoms with E-state index in [2.05, 4.69) is 32.3 Å². The first kappa shape index (κ1) is 11.5. The molecular weight excluding hydrogens is 233 g/mol. The predicted octanol–water partition coefficient (Wildman–Crippen LogP) is 0.823. The minimum Gasteiger partial charge on any atom is -0.492 e. The Kier molecular flexibility index (Phi) is 3.32. The van der Waals surface area contributed by atoms with Crippen molar-refractivity contribution in [3.8, 4) is 5.75 Å². The maximum absolute atomic E-state index is 5.87. The van der Waals surface area contributed by atoms with Crippen molar-refractivity contribution in [3.05, 3.63) is 23.8 Å². The largest absolute Gasteiger partial charge is 0.492 e. The molecule has 0 amide bonds. The van der Waals surface area contributed by atoms with Gasteiger partial charge in [0.15, 0.2) is 0 Å². The van der Waals surface area contributed by atoms with Crippen LogP contribution in [0.2, 0.25) is 0 Å². The Morgan fingerprint density at radius 3 is 2.88 bits per heavy atom. The van der Waals surface area contributed by atoms with Gasteiger partial charge in [-0.05, 0) is 23.4 Å². The Bertz CT molecular complexity index is 404. The zero-order valence-corrected chi connectivity index (χ0v) is 11.0. The van der Waals surface area contributed by atoms with Crippen molar-refractivity contribution in [1.29, 1.82) is 0 Å². The maximum atomic E-state index is 5.87. The molecule has 0 saturated carbocycles. The van der Waals surface area contributed by atoms with Crippen LogP contribution in [0.4, 0.5) is 0 Å². The summed E-state index contributed by atoms with van der Waals surface area (Å²) < 4.78 is 11.3. The molecule has 1 aromatic rings. The number of fused-ring (bicyclic) bond motifs is 1. The minimum absolute atomic E-state index is 0.516. The summed E-state index contributed by atoms with van der Waals surface area (Å²) in [5, 5.41) is 1.19. The summed E-state index contributed by atoms with van der Waals surface area (Å²) in [7, 11) is 2.72. The van der Waals surface area contributed by atoms with Crippen LogP contribution in [0.15, 0.2) is 18.2 Å². The first-order chi connectivity index (χ1) is 8.33. The molecule has 0 aromatic heterocycles. The van der Waals surface area contributed by atoms with Crippen LogP contribution in [0.25, 0.3) is 0 Å². The molecule has 4 heteroatoms. The highest BCUT2D eigenvalue weighted by Gasteiger charge is 2.26. The van der Waals surface area contributed by atoms with E-state index in [9.17, 15) is 0 Å². The molecule has 1 saturated heterocycles. The van der Waals surface area contributed by atoms with Gasteiger partial charge in [0.25, 0.3) is 0 Å². The van der Waals surface area contributed by atoms with Crippen LogP contribution in [-0.4, -0.2) is 43.9 Å². The summed E-state index contributed by atoms with van der Waals surface area (Å²) in [6, 6.07) is 6.94. The summed E-state index contributed by atoms with van der Waals surface area (Å²) in [5.74, 6) is 1.06. The summed E-state index contributed by atoms with van der Waals surface area (Å²) in [4.78, 5) is 2.49. The Labute approximate surface area is 104 Å². The van der Waals surface area contributed by atoms with Crippen molar-refractivity contribution in [1.82, 2.24) is 4.90 Å². The molecule has 17 heavy (non-hydrogen) atoms. The van der Waals surface area contributed by atoms with Gasteiger partial charge in [-0.1, -0.05) is 12.1 Å². The first-order valence-electron chi connectivity index (χ1n) is 6.16. The molecule has 0 aliphatic carbocycles. The number of nitrogens with zero attached hydrogens (tertiary/aromatic N) is 1. The van der Waals surface area contributed by atoms with Crippen LogP contribution in [-0.2, 0) is 11.2 Å². The second-order valence-electron chi connectivity index (χ2n) is 4.68. The number of ether oxygens (including phenoxy) is 2. The van der Waals surface area contributed by atoms with E-state index in [4.69, 9.17) is 9.47 Å². The summed E-state index contributed by atoms with van der Waals surface area (Å²) in [5.41, 5.74) is 1.33. The second-order valence-corrected chi connectivity index (χ2v) is 5.35. The number of hydrogen-bond acceptors (Lipinski definition) is 3. The zero-order chi connectivity index (χ0) is 11.7. The smallest absolute Gasteiger partial charge is 0.123 e. The lowest BCUT2D eigenvalue weighted by atomic mass is 10.0. The quantitative estimate of drug-likeness (QED) is 0.690. The van der Waals surface area contributed by atoms with Crippen LogP contribution >= 0.6 is 9.24 Å². The van der Waals surface area contributed by atoms with E-state index < -0.39 is 0 Å². The molecule has 2 unspecified atom stereocenters. The van der Waals surface area contributed by atoms with E-state index in [1.54, 1.807) is 0 Å². The van der Waals surface area contributed by atoms with Crippen LogP contribution in [0, 0.1) is 0 Å². The van der Waals surface area contributed by atoms with Crippen molar-refractivity contribution in [2.75, 3.05) is 32.9 Å². The molecule has 2 aliphatic rings. The average molecular weight is 251 g/mol. The van der Waals surface area contributed by atoms with Gasteiger partial charge in [-0.25, -0.2) is 0 Å². The predicted molar refractivity (Wildman–Crippen MR) is 71.2 cm³/mol. The van der Waals surface area contributed by atoms with Gasteiger partial charge >= 0.3 is 0 Å². The molecule has 3 nitrogen and oxygen atoms in total. The molecule has 0 spiro atoms. The highest BCUT2D eigenvalue weighted by atomic mass is 31.0. The van der Waals surface area contributed by atoms with Gasteiger partial charge < -0.3 is 9.47 Å². The molecule has 2 aliphatic heterocycles. The Morgan fingerprint density at radius 1 is 1.24 bits per heavy atom. The van der Waals surface area contributed by atoms with Crippen molar-refractivity contribution >= 4 is 14.5 Å². The number of morpholine rings is 1. The van der Waals surface area contributed by atoms with Crippen molar-refractivity contribution < 1.29 is 9.47 Å².